The second kappa shape index (κ2) is 8.56. The van der Waals surface area contributed by atoms with Crippen molar-refractivity contribution < 1.29 is 13.6 Å². The number of carbonyl (C=O) groups excluding carboxylic acids is 1. The zero-order valence-corrected chi connectivity index (χ0v) is 14.9. The van der Waals surface area contributed by atoms with E-state index in [1.165, 1.54) is 6.07 Å². The van der Waals surface area contributed by atoms with E-state index in [-0.39, 0.29) is 12.6 Å². The highest BCUT2D eigenvalue weighted by atomic mass is 19.1. The first-order valence-electron chi connectivity index (χ1n) is 8.63. The molecule has 5 heteroatoms. The Labute approximate surface area is 157 Å². The molecule has 0 radical (unpaired) electrons. The molecule has 0 spiro atoms. The maximum atomic E-state index is 13.7. The molecule has 1 atom stereocenters. The predicted molar refractivity (Wildman–Crippen MR) is 102 cm³/mol. The van der Waals surface area contributed by atoms with Gasteiger partial charge < -0.3 is 5.32 Å². The minimum Gasteiger partial charge on any atom is -0.320 e. The molecule has 0 unspecified atom stereocenters. The molecule has 3 aromatic rings. The molecule has 0 aliphatic carbocycles. The van der Waals surface area contributed by atoms with Gasteiger partial charge in [-0.15, -0.1) is 0 Å². The van der Waals surface area contributed by atoms with E-state index in [1.807, 2.05) is 61.5 Å². The fourth-order valence-corrected chi connectivity index (χ4v) is 2.83. The number of halogens is 2. The van der Waals surface area contributed by atoms with Gasteiger partial charge in [0.2, 0.25) is 5.91 Å². The highest BCUT2D eigenvalue weighted by Crippen LogP contribution is 2.22. The Morgan fingerprint density at radius 2 is 1.44 bits per heavy atom. The summed E-state index contributed by atoms with van der Waals surface area (Å²) >= 11 is 0. The van der Waals surface area contributed by atoms with Crippen LogP contribution in [0.1, 0.15) is 22.7 Å². The van der Waals surface area contributed by atoms with E-state index in [0.717, 1.165) is 28.8 Å². The van der Waals surface area contributed by atoms with Crippen molar-refractivity contribution in [2.24, 2.45) is 0 Å². The predicted octanol–water partition coefficient (Wildman–Crippen LogP) is 4.59. The Morgan fingerprint density at radius 1 is 0.852 bits per heavy atom. The van der Waals surface area contributed by atoms with Crippen LogP contribution in [0, 0.1) is 18.6 Å². The number of para-hydroxylation sites is 1. The van der Waals surface area contributed by atoms with Gasteiger partial charge in [-0.05, 0) is 30.2 Å². The molecule has 27 heavy (non-hydrogen) atoms. The Morgan fingerprint density at radius 3 is 2.07 bits per heavy atom. The molecular weight excluding hydrogens is 346 g/mol. The lowest BCUT2D eigenvalue weighted by molar-refractivity contribution is -0.115. The van der Waals surface area contributed by atoms with Crippen molar-refractivity contribution in [3.05, 3.63) is 101 Å². The summed E-state index contributed by atoms with van der Waals surface area (Å²) in [6.45, 7) is 1.91. The molecule has 0 heterocycles. The summed E-state index contributed by atoms with van der Waals surface area (Å²) in [6.07, 6.45) is 0. The Balaban J connectivity index is 1.75. The molecule has 3 rings (SSSR count). The van der Waals surface area contributed by atoms with E-state index in [4.69, 9.17) is 0 Å². The van der Waals surface area contributed by atoms with E-state index < -0.39 is 23.2 Å². The summed E-state index contributed by atoms with van der Waals surface area (Å²) in [7, 11) is 0. The topological polar surface area (TPSA) is 41.1 Å². The van der Waals surface area contributed by atoms with Crippen LogP contribution in [0.4, 0.5) is 14.5 Å². The van der Waals surface area contributed by atoms with E-state index in [0.29, 0.717) is 0 Å². The van der Waals surface area contributed by atoms with Gasteiger partial charge in [-0.1, -0.05) is 66.2 Å². The van der Waals surface area contributed by atoms with Crippen LogP contribution in [-0.2, 0) is 4.79 Å². The van der Waals surface area contributed by atoms with Gasteiger partial charge in [0.25, 0.3) is 0 Å². The summed E-state index contributed by atoms with van der Waals surface area (Å²) in [5.74, 6) is -2.13. The molecule has 1 amide bonds. The van der Waals surface area contributed by atoms with Crippen LogP contribution in [-0.4, -0.2) is 12.5 Å². The van der Waals surface area contributed by atoms with Crippen molar-refractivity contribution >= 4 is 11.6 Å². The molecule has 0 aliphatic rings. The largest absolute Gasteiger partial charge is 0.320 e. The number of hydrogen-bond acceptors (Lipinski definition) is 2. The van der Waals surface area contributed by atoms with Gasteiger partial charge in [0, 0.05) is 0 Å². The van der Waals surface area contributed by atoms with E-state index >= 15 is 0 Å². The number of benzene rings is 3. The summed E-state index contributed by atoms with van der Waals surface area (Å²) in [4.78, 5) is 12.2. The van der Waals surface area contributed by atoms with Gasteiger partial charge in [-0.25, -0.2) is 8.78 Å². The van der Waals surface area contributed by atoms with Gasteiger partial charge in [-0.2, -0.15) is 0 Å². The lowest BCUT2D eigenvalue weighted by Gasteiger charge is -2.20. The number of rotatable bonds is 6. The Kier molecular flexibility index (Phi) is 5.94. The molecule has 0 aromatic heterocycles. The summed E-state index contributed by atoms with van der Waals surface area (Å²) in [5.41, 5.74) is 2.69. The highest BCUT2D eigenvalue weighted by Gasteiger charge is 2.16. The number of nitrogens with one attached hydrogen (secondary N) is 2. The van der Waals surface area contributed by atoms with E-state index in [1.54, 1.807) is 0 Å². The van der Waals surface area contributed by atoms with Gasteiger partial charge in [0.1, 0.15) is 17.3 Å². The number of hydrogen-bond donors (Lipinski definition) is 2. The summed E-state index contributed by atoms with van der Waals surface area (Å²) in [5, 5.41) is 5.47. The minimum atomic E-state index is -0.804. The first-order chi connectivity index (χ1) is 13.0. The number of anilines is 1. The third kappa shape index (κ3) is 4.77. The molecule has 0 fully saturated rings. The molecule has 138 valence electrons. The Bertz CT molecular complexity index is 891. The summed E-state index contributed by atoms with van der Waals surface area (Å²) < 4.78 is 27.4. The molecule has 0 saturated heterocycles. The lowest BCUT2D eigenvalue weighted by atomic mass is 9.98. The van der Waals surface area contributed by atoms with Crippen LogP contribution in [0.5, 0.6) is 0 Å². The smallest absolute Gasteiger partial charge is 0.238 e. The van der Waals surface area contributed by atoms with Crippen molar-refractivity contribution in [2.45, 2.75) is 13.0 Å². The number of amides is 1. The average molecular weight is 366 g/mol. The van der Waals surface area contributed by atoms with E-state index in [9.17, 15) is 13.6 Å². The summed E-state index contributed by atoms with van der Waals surface area (Å²) in [6, 6.07) is 20.9. The van der Waals surface area contributed by atoms with Crippen molar-refractivity contribution in [1.29, 1.82) is 0 Å². The fourth-order valence-electron chi connectivity index (χ4n) is 2.83. The molecule has 3 aromatic carbocycles. The molecule has 0 saturated carbocycles. The van der Waals surface area contributed by atoms with Crippen LogP contribution in [0.2, 0.25) is 0 Å². The molecule has 0 bridgehead atoms. The minimum absolute atomic E-state index is 0.0960. The Hall–Kier alpha value is -3.05. The normalized spacial score (nSPS) is 11.8. The monoisotopic (exact) mass is 366 g/mol. The van der Waals surface area contributed by atoms with E-state index in [2.05, 4.69) is 10.6 Å². The zero-order valence-electron chi connectivity index (χ0n) is 14.9. The second-order valence-electron chi connectivity index (χ2n) is 6.28. The van der Waals surface area contributed by atoms with Crippen molar-refractivity contribution in [2.75, 3.05) is 11.9 Å². The maximum Gasteiger partial charge on any atom is 0.238 e. The lowest BCUT2D eigenvalue weighted by Crippen LogP contribution is -2.32. The van der Waals surface area contributed by atoms with Crippen LogP contribution in [0.25, 0.3) is 0 Å². The molecular formula is C22H20F2N2O. The number of carbonyl (C=O) groups is 1. The van der Waals surface area contributed by atoms with Crippen molar-refractivity contribution in [3.8, 4) is 0 Å². The molecule has 3 nitrogen and oxygen atoms in total. The second-order valence-corrected chi connectivity index (χ2v) is 6.28. The van der Waals surface area contributed by atoms with Gasteiger partial charge >= 0.3 is 0 Å². The van der Waals surface area contributed by atoms with Gasteiger partial charge in [0.15, 0.2) is 0 Å². The van der Waals surface area contributed by atoms with Crippen LogP contribution >= 0.6 is 0 Å². The van der Waals surface area contributed by atoms with Crippen LogP contribution in [0.15, 0.2) is 72.8 Å². The zero-order chi connectivity index (χ0) is 19.2. The maximum absolute atomic E-state index is 13.7. The first kappa shape index (κ1) is 18.7. The van der Waals surface area contributed by atoms with Crippen molar-refractivity contribution in [1.82, 2.24) is 5.32 Å². The van der Waals surface area contributed by atoms with Crippen LogP contribution < -0.4 is 10.6 Å². The average Bonchev–Trinajstić information content (AvgIpc) is 2.67. The SMILES string of the molecule is Cc1ccc([C@@H](NCC(=O)Nc2c(F)cccc2F)c2ccccc2)cc1. The van der Waals surface area contributed by atoms with Gasteiger partial charge in [0.05, 0.1) is 12.6 Å². The standard InChI is InChI=1S/C22H20F2N2O/c1-15-10-12-17(13-11-15)21(16-6-3-2-4-7-16)25-14-20(27)26-22-18(23)8-5-9-19(22)24/h2-13,21,25H,14H2,1H3,(H,26,27)/t21-/m0/s1. The first-order valence-corrected chi connectivity index (χ1v) is 8.63. The third-order valence-corrected chi connectivity index (χ3v) is 4.24. The molecule has 2 N–H and O–H groups in total. The number of aryl methyl sites for hydroxylation is 1. The fraction of sp³-hybridized carbons (Fsp3) is 0.136. The molecule has 0 aliphatic heterocycles. The van der Waals surface area contributed by atoms with Crippen molar-refractivity contribution in [3.63, 3.8) is 0 Å². The van der Waals surface area contributed by atoms with Gasteiger partial charge in [-0.3, -0.25) is 10.1 Å². The third-order valence-electron chi connectivity index (χ3n) is 4.24. The quantitative estimate of drug-likeness (QED) is 0.670. The van der Waals surface area contributed by atoms with Crippen LogP contribution in [0.3, 0.4) is 0 Å². The highest BCUT2D eigenvalue weighted by molar-refractivity contribution is 5.92.